The van der Waals surface area contributed by atoms with Crippen LogP contribution in [0.25, 0.3) is 0 Å². The van der Waals surface area contributed by atoms with Gasteiger partial charge in [-0.3, -0.25) is 4.79 Å². The molecule has 1 aromatic carbocycles. The van der Waals surface area contributed by atoms with Crippen LogP contribution in [0.3, 0.4) is 0 Å². The Morgan fingerprint density at radius 1 is 1.29 bits per heavy atom. The van der Waals surface area contributed by atoms with Gasteiger partial charge in [-0.05, 0) is 39.0 Å². The summed E-state index contributed by atoms with van der Waals surface area (Å²) in [6.45, 7) is 5.90. The maximum atomic E-state index is 10.6. The van der Waals surface area contributed by atoms with E-state index in [-0.39, 0.29) is 5.60 Å². The van der Waals surface area contributed by atoms with E-state index < -0.39 is 0 Å². The fourth-order valence-corrected chi connectivity index (χ4v) is 1.55. The number of benzene rings is 1. The zero-order chi connectivity index (χ0) is 10.8. The highest BCUT2D eigenvalue weighted by molar-refractivity contribution is 9.10. The highest BCUT2D eigenvalue weighted by Crippen LogP contribution is 2.24. The Morgan fingerprint density at radius 3 is 2.43 bits per heavy atom. The molecule has 0 N–H and O–H groups in total. The minimum atomic E-state index is -0.249. The molecule has 0 atom stereocenters. The number of carbonyl (C=O) groups is 1. The first-order valence-electron chi connectivity index (χ1n) is 4.35. The second-order valence-electron chi connectivity index (χ2n) is 4.05. The molecule has 0 spiro atoms. The lowest BCUT2D eigenvalue weighted by atomic mass is 10.2. The monoisotopic (exact) mass is 256 g/mol. The molecule has 76 valence electrons. The molecule has 0 amide bonds. The van der Waals surface area contributed by atoms with Crippen LogP contribution >= 0.6 is 15.9 Å². The molecule has 0 fully saturated rings. The minimum Gasteiger partial charge on any atom is -0.488 e. The molecule has 3 heteroatoms. The highest BCUT2D eigenvalue weighted by atomic mass is 79.9. The molecule has 0 aliphatic rings. The van der Waals surface area contributed by atoms with Crippen LogP contribution in [-0.4, -0.2) is 11.9 Å². The highest BCUT2D eigenvalue weighted by Gasteiger charge is 2.12. The Hall–Kier alpha value is -0.830. The molecule has 0 aliphatic heterocycles. The molecule has 0 aliphatic carbocycles. The molecular weight excluding hydrogens is 244 g/mol. The van der Waals surface area contributed by atoms with Crippen molar-refractivity contribution < 1.29 is 9.53 Å². The van der Waals surface area contributed by atoms with Crippen molar-refractivity contribution in [1.82, 2.24) is 0 Å². The lowest BCUT2D eigenvalue weighted by Gasteiger charge is -2.21. The van der Waals surface area contributed by atoms with Gasteiger partial charge in [0.2, 0.25) is 0 Å². The topological polar surface area (TPSA) is 26.3 Å². The van der Waals surface area contributed by atoms with Gasteiger partial charge in [-0.25, -0.2) is 0 Å². The third-order valence-electron chi connectivity index (χ3n) is 1.45. The van der Waals surface area contributed by atoms with Crippen LogP contribution < -0.4 is 4.74 Å². The molecule has 0 unspecified atom stereocenters. The Balaban J connectivity index is 2.98. The van der Waals surface area contributed by atoms with E-state index in [1.807, 2.05) is 26.8 Å². The molecule has 14 heavy (non-hydrogen) atoms. The molecule has 0 saturated carbocycles. The summed E-state index contributed by atoms with van der Waals surface area (Å²) in [4.78, 5) is 10.6. The van der Waals surface area contributed by atoms with E-state index in [0.717, 1.165) is 10.8 Å². The summed E-state index contributed by atoms with van der Waals surface area (Å²) >= 11 is 3.32. The van der Waals surface area contributed by atoms with E-state index in [0.29, 0.717) is 11.3 Å². The average molecular weight is 257 g/mol. The van der Waals surface area contributed by atoms with Gasteiger partial charge in [0.25, 0.3) is 0 Å². The zero-order valence-electron chi connectivity index (χ0n) is 8.50. The standard InChI is InChI=1S/C11H13BrO2/c1-11(2,3)14-10-5-8(7-13)4-9(12)6-10/h4-7H,1-3H3. The van der Waals surface area contributed by atoms with Gasteiger partial charge in [0.1, 0.15) is 17.6 Å². The summed E-state index contributed by atoms with van der Waals surface area (Å²) in [7, 11) is 0. The number of carbonyl (C=O) groups excluding carboxylic acids is 1. The average Bonchev–Trinajstić information content (AvgIpc) is 1.99. The van der Waals surface area contributed by atoms with E-state index in [1.165, 1.54) is 0 Å². The van der Waals surface area contributed by atoms with Crippen LogP contribution in [0.15, 0.2) is 22.7 Å². The molecule has 1 aromatic rings. The van der Waals surface area contributed by atoms with Crippen molar-refractivity contribution in [1.29, 1.82) is 0 Å². The second-order valence-corrected chi connectivity index (χ2v) is 4.97. The van der Waals surface area contributed by atoms with Gasteiger partial charge in [0, 0.05) is 10.0 Å². The number of aldehydes is 1. The van der Waals surface area contributed by atoms with Crippen molar-refractivity contribution in [3.63, 3.8) is 0 Å². The molecule has 0 bridgehead atoms. The van der Waals surface area contributed by atoms with Crippen molar-refractivity contribution in [2.75, 3.05) is 0 Å². The summed E-state index contributed by atoms with van der Waals surface area (Å²) in [5.74, 6) is 0.703. The smallest absolute Gasteiger partial charge is 0.150 e. The Bertz CT molecular complexity index is 340. The van der Waals surface area contributed by atoms with Gasteiger partial charge in [-0.1, -0.05) is 15.9 Å². The SMILES string of the molecule is CC(C)(C)Oc1cc(Br)cc(C=O)c1. The number of hydrogen-bond donors (Lipinski definition) is 0. The first-order chi connectivity index (χ1) is 6.40. The van der Waals surface area contributed by atoms with E-state index in [2.05, 4.69) is 15.9 Å². The maximum Gasteiger partial charge on any atom is 0.150 e. The fourth-order valence-electron chi connectivity index (χ4n) is 1.06. The molecule has 0 aromatic heterocycles. The first-order valence-corrected chi connectivity index (χ1v) is 5.15. The van der Waals surface area contributed by atoms with Gasteiger partial charge in [-0.15, -0.1) is 0 Å². The Kier molecular flexibility index (Phi) is 3.32. The number of hydrogen-bond acceptors (Lipinski definition) is 2. The third-order valence-corrected chi connectivity index (χ3v) is 1.91. The van der Waals surface area contributed by atoms with E-state index in [1.54, 1.807) is 12.1 Å². The zero-order valence-corrected chi connectivity index (χ0v) is 10.1. The summed E-state index contributed by atoms with van der Waals surface area (Å²) in [6, 6.07) is 5.32. The molecule has 0 radical (unpaired) electrons. The number of ether oxygens (including phenoxy) is 1. The fraction of sp³-hybridized carbons (Fsp3) is 0.364. The second kappa shape index (κ2) is 4.13. The number of rotatable bonds is 2. The van der Waals surface area contributed by atoms with Gasteiger partial charge < -0.3 is 4.74 Å². The van der Waals surface area contributed by atoms with Crippen molar-refractivity contribution in [2.45, 2.75) is 26.4 Å². The van der Waals surface area contributed by atoms with Crippen LogP contribution in [-0.2, 0) is 0 Å². The molecule has 0 heterocycles. The Labute approximate surface area is 92.4 Å². The molecule has 2 nitrogen and oxygen atoms in total. The normalized spacial score (nSPS) is 11.1. The van der Waals surface area contributed by atoms with Crippen LogP contribution in [0.1, 0.15) is 31.1 Å². The Morgan fingerprint density at radius 2 is 1.93 bits per heavy atom. The molecule has 1 rings (SSSR count). The lowest BCUT2D eigenvalue weighted by Crippen LogP contribution is -2.22. The van der Waals surface area contributed by atoms with Gasteiger partial charge in [0.05, 0.1) is 0 Å². The van der Waals surface area contributed by atoms with Crippen LogP contribution in [0.5, 0.6) is 5.75 Å². The quantitative estimate of drug-likeness (QED) is 0.758. The lowest BCUT2D eigenvalue weighted by molar-refractivity contribution is 0.111. The summed E-state index contributed by atoms with van der Waals surface area (Å²) in [5, 5.41) is 0. The van der Waals surface area contributed by atoms with Crippen LogP contribution in [0.4, 0.5) is 0 Å². The predicted molar refractivity (Wildman–Crippen MR) is 59.9 cm³/mol. The summed E-state index contributed by atoms with van der Waals surface area (Å²) < 4.78 is 6.48. The first kappa shape index (κ1) is 11.2. The van der Waals surface area contributed by atoms with E-state index >= 15 is 0 Å². The number of halogens is 1. The maximum absolute atomic E-state index is 10.6. The summed E-state index contributed by atoms with van der Waals surface area (Å²) in [5.41, 5.74) is 0.361. The van der Waals surface area contributed by atoms with E-state index in [9.17, 15) is 4.79 Å². The van der Waals surface area contributed by atoms with E-state index in [4.69, 9.17) is 4.74 Å². The van der Waals surface area contributed by atoms with Crippen molar-refractivity contribution in [2.24, 2.45) is 0 Å². The van der Waals surface area contributed by atoms with Gasteiger partial charge >= 0.3 is 0 Å². The largest absolute Gasteiger partial charge is 0.488 e. The molecular formula is C11H13BrO2. The van der Waals surface area contributed by atoms with Gasteiger partial charge in [-0.2, -0.15) is 0 Å². The molecule has 0 saturated heterocycles. The van der Waals surface area contributed by atoms with Crippen LogP contribution in [0, 0.1) is 0 Å². The predicted octanol–water partition coefficient (Wildman–Crippen LogP) is 3.44. The van der Waals surface area contributed by atoms with Gasteiger partial charge in [0.15, 0.2) is 0 Å². The van der Waals surface area contributed by atoms with Crippen molar-refractivity contribution in [3.8, 4) is 5.75 Å². The summed E-state index contributed by atoms with van der Waals surface area (Å²) in [6.07, 6.45) is 0.806. The van der Waals surface area contributed by atoms with Crippen molar-refractivity contribution in [3.05, 3.63) is 28.2 Å². The third kappa shape index (κ3) is 3.50. The van der Waals surface area contributed by atoms with Crippen LogP contribution in [0.2, 0.25) is 0 Å². The minimum absolute atomic E-state index is 0.249. The van der Waals surface area contributed by atoms with Crippen molar-refractivity contribution >= 4 is 22.2 Å².